The lowest BCUT2D eigenvalue weighted by Crippen LogP contribution is -2.40. The molecule has 0 aliphatic carbocycles. The van der Waals surface area contributed by atoms with Crippen LogP contribution in [-0.2, 0) is 0 Å². The second-order valence-corrected chi connectivity index (χ2v) is 6.52. The van der Waals surface area contributed by atoms with Crippen LogP contribution in [0.25, 0.3) is 0 Å². The highest BCUT2D eigenvalue weighted by Gasteiger charge is 2.24. The summed E-state index contributed by atoms with van der Waals surface area (Å²) in [7, 11) is 2.12. The molecule has 1 aromatic rings. The molecule has 0 aromatic heterocycles. The molecule has 118 valence electrons. The van der Waals surface area contributed by atoms with Crippen LogP contribution in [0.2, 0.25) is 0 Å². The quantitative estimate of drug-likeness (QED) is 0.873. The highest BCUT2D eigenvalue weighted by atomic mass is 16.3. The van der Waals surface area contributed by atoms with Gasteiger partial charge in [0.05, 0.1) is 6.10 Å². The van der Waals surface area contributed by atoms with E-state index in [1.165, 1.54) is 30.5 Å². The van der Waals surface area contributed by atoms with E-state index < -0.39 is 6.10 Å². The molecule has 1 aliphatic heterocycles. The molecule has 1 aromatic carbocycles. The molecule has 3 heteroatoms. The number of aryl methyl sites for hydroxylation is 2. The first-order valence-corrected chi connectivity index (χ1v) is 8.19. The van der Waals surface area contributed by atoms with Crippen molar-refractivity contribution < 1.29 is 5.11 Å². The van der Waals surface area contributed by atoms with Crippen molar-refractivity contribution in [2.24, 2.45) is 0 Å². The molecular weight excluding hydrogens is 260 g/mol. The zero-order valence-corrected chi connectivity index (χ0v) is 14.0. The maximum atomic E-state index is 10.5. The van der Waals surface area contributed by atoms with E-state index in [-0.39, 0.29) is 0 Å². The third-order valence-electron chi connectivity index (χ3n) is 4.70. The van der Waals surface area contributed by atoms with Gasteiger partial charge in [-0.1, -0.05) is 30.7 Å². The van der Waals surface area contributed by atoms with Crippen LogP contribution < -0.4 is 0 Å². The molecular formula is C18H30N2O. The zero-order valence-electron chi connectivity index (χ0n) is 14.0. The van der Waals surface area contributed by atoms with Crippen molar-refractivity contribution in [2.75, 3.05) is 33.2 Å². The number of hydrogen-bond donors (Lipinski definition) is 1. The lowest BCUT2D eigenvalue weighted by atomic mass is 10.0. The number of hydrogen-bond acceptors (Lipinski definition) is 3. The van der Waals surface area contributed by atoms with Gasteiger partial charge in [0, 0.05) is 19.1 Å². The van der Waals surface area contributed by atoms with Crippen molar-refractivity contribution in [1.29, 1.82) is 0 Å². The van der Waals surface area contributed by atoms with Gasteiger partial charge in [-0.05, 0) is 58.0 Å². The lowest BCUT2D eigenvalue weighted by molar-refractivity contribution is 0.109. The topological polar surface area (TPSA) is 26.7 Å². The van der Waals surface area contributed by atoms with Crippen molar-refractivity contribution in [3.63, 3.8) is 0 Å². The van der Waals surface area contributed by atoms with Crippen molar-refractivity contribution in [2.45, 2.75) is 45.8 Å². The smallest absolute Gasteiger partial charge is 0.0919 e. The average Bonchev–Trinajstić information content (AvgIpc) is 2.85. The maximum absolute atomic E-state index is 10.5. The summed E-state index contributed by atoms with van der Waals surface area (Å²) >= 11 is 0. The summed E-state index contributed by atoms with van der Waals surface area (Å²) < 4.78 is 0. The monoisotopic (exact) mass is 290 g/mol. The van der Waals surface area contributed by atoms with Gasteiger partial charge in [0.1, 0.15) is 0 Å². The summed E-state index contributed by atoms with van der Waals surface area (Å²) in [4.78, 5) is 4.84. The molecule has 1 N–H and O–H groups in total. The van der Waals surface area contributed by atoms with Crippen molar-refractivity contribution in [3.8, 4) is 0 Å². The zero-order chi connectivity index (χ0) is 15.4. The number of likely N-dealkylation sites (tertiary alicyclic amines) is 1. The van der Waals surface area contributed by atoms with Gasteiger partial charge >= 0.3 is 0 Å². The molecule has 0 saturated carbocycles. The molecule has 21 heavy (non-hydrogen) atoms. The standard InChI is InChI=1S/C18H30N2O/c1-5-20-10-6-7-16(20)12-19(4)13-18(21)17-9-8-14(2)11-15(17)3/h8-9,11,16,18,21H,5-7,10,12-13H2,1-4H3. The fourth-order valence-corrected chi connectivity index (χ4v) is 3.55. The highest BCUT2D eigenvalue weighted by molar-refractivity contribution is 5.32. The van der Waals surface area contributed by atoms with Crippen LogP contribution in [0.4, 0.5) is 0 Å². The SMILES string of the molecule is CCN1CCCC1CN(C)CC(O)c1ccc(C)cc1C. The normalized spacial score (nSPS) is 21.1. The molecule has 1 heterocycles. The van der Waals surface area contributed by atoms with E-state index >= 15 is 0 Å². The summed E-state index contributed by atoms with van der Waals surface area (Å²) in [5, 5.41) is 10.5. The number of aliphatic hydroxyl groups excluding tert-OH is 1. The Kier molecular flexibility index (Phi) is 5.80. The first-order chi connectivity index (χ1) is 10.0. The van der Waals surface area contributed by atoms with Crippen molar-refractivity contribution in [3.05, 3.63) is 34.9 Å². The minimum absolute atomic E-state index is 0.396. The summed E-state index contributed by atoms with van der Waals surface area (Å²) in [5.74, 6) is 0. The Morgan fingerprint density at radius 3 is 2.81 bits per heavy atom. The van der Waals surface area contributed by atoms with Gasteiger partial charge in [0.25, 0.3) is 0 Å². The summed E-state index contributed by atoms with van der Waals surface area (Å²) in [5.41, 5.74) is 3.50. The van der Waals surface area contributed by atoms with Crippen LogP contribution in [0.1, 0.15) is 42.6 Å². The number of aliphatic hydroxyl groups is 1. The van der Waals surface area contributed by atoms with Crippen LogP contribution in [0.3, 0.4) is 0 Å². The molecule has 3 nitrogen and oxygen atoms in total. The average molecular weight is 290 g/mol. The second kappa shape index (κ2) is 7.39. The molecule has 0 radical (unpaired) electrons. The van der Waals surface area contributed by atoms with Crippen molar-refractivity contribution >= 4 is 0 Å². The Morgan fingerprint density at radius 2 is 2.14 bits per heavy atom. The largest absolute Gasteiger partial charge is 0.387 e. The third kappa shape index (κ3) is 4.29. The fraction of sp³-hybridized carbons (Fsp3) is 0.667. The van der Waals surface area contributed by atoms with E-state index in [9.17, 15) is 5.11 Å². The molecule has 2 atom stereocenters. The van der Waals surface area contributed by atoms with Crippen LogP contribution in [0, 0.1) is 13.8 Å². The lowest BCUT2D eigenvalue weighted by Gasteiger charge is -2.29. The summed E-state index contributed by atoms with van der Waals surface area (Å²) in [6.45, 7) is 10.5. The molecule has 0 amide bonds. The van der Waals surface area contributed by atoms with Gasteiger partial charge in [-0.2, -0.15) is 0 Å². The number of rotatable bonds is 6. The number of benzene rings is 1. The molecule has 1 aliphatic rings. The van der Waals surface area contributed by atoms with Crippen LogP contribution in [0.5, 0.6) is 0 Å². The first-order valence-electron chi connectivity index (χ1n) is 8.19. The highest BCUT2D eigenvalue weighted by Crippen LogP contribution is 2.21. The molecule has 0 spiro atoms. The van der Waals surface area contributed by atoms with E-state index in [0.29, 0.717) is 12.6 Å². The summed E-state index contributed by atoms with van der Waals surface area (Å²) in [6, 6.07) is 6.96. The summed E-state index contributed by atoms with van der Waals surface area (Å²) in [6.07, 6.45) is 2.20. The fourth-order valence-electron chi connectivity index (χ4n) is 3.55. The first kappa shape index (κ1) is 16.5. The molecule has 2 unspecified atom stereocenters. The van der Waals surface area contributed by atoms with Crippen LogP contribution >= 0.6 is 0 Å². The van der Waals surface area contributed by atoms with Crippen LogP contribution in [-0.4, -0.2) is 54.2 Å². The Labute approximate surface area is 129 Å². The van der Waals surface area contributed by atoms with Gasteiger partial charge in [-0.25, -0.2) is 0 Å². The Morgan fingerprint density at radius 1 is 1.38 bits per heavy atom. The molecule has 1 saturated heterocycles. The predicted molar refractivity (Wildman–Crippen MR) is 88.6 cm³/mol. The molecule has 2 rings (SSSR count). The van der Waals surface area contributed by atoms with Crippen LogP contribution in [0.15, 0.2) is 18.2 Å². The van der Waals surface area contributed by atoms with Gasteiger partial charge < -0.3 is 10.0 Å². The number of likely N-dealkylation sites (N-methyl/N-ethyl adjacent to an activating group) is 2. The molecule has 0 bridgehead atoms. The number of nitrogens with zero attached hydrogens (tertiary/aromatic N) is 2. The third-order valence-corrected chi connectivity index (χ3v) is 4.70. The van der Waals surface area contributed by atoms with E-state index in [1.807, 2.05) is 0 Å². The van der Waals surface area contributed by atoms with Gasteiger partial charge in [0.15, 0.2) is 0 Å². The van der Waals surface area contributed by atoms with Gasteiger partial charge in [-0.3, -0.25) is 4.90 Å². The van der Waals surface area contributed by atoms with E-state index in [4.69, 9.17) is 0 Å². The second-order valence-electron chi connectivity index (χ2n) is 6.52. The Balaban J connectivity index is 1.91. The Hall–Kier alpha value is -0.900. The van der Waals surface area contributed by atoms with Crippen molar-refractivity contribution in [1.82, 2.24) is 9.80 Å². The van der Waals surface area contributed by atoms with E-state index in [0.717, 1.165) is 18.7 Å². The van der Waals surface area contributed by atoms with E-state index in [2.05, 4.69) is 55.8 Å². The Bertz CT molecular complexity index is 461. The van der Waals surface area contributed by atoms with E-state index in [1.54, 1.807) is 0 Å². The van der Waals surface area contributed by atoms with Gasteiger partial charge in [-0.15, -0.1) is 0 Å². The predicted octanol–water partition coefficient (Wildman–Crippen LogP) is 2.75. The molecule has 1 fully saturated rings. The van der Waals surface area contributed by atoms with Gasteiger partial charge in [0.2, 0.25) is 0 Å². The maximum Gasteiger partial charge on any atom is 0.0919 e. The minimum atomic E-state index is -0.396. The minimum Gasteiger partial charge on any atom is -0.387 e.